The Morgan fingerprint density at radius 3 is 2.33 bits per heavy atom. The molecule has 6 nitrogen and oxygen atoms in total. The summed E-state index contributed by atoms with van der Waals surface area (Å²) in [5.41, 5.74) is 4.47. The van der Waals surface area contributed by atoms with Crippen molar-refractivity contribution in [3.05, 3.63) is 59.7 Å². The van der Waals surface area contributed by atoms with Crippen molar-refractivity contribution < 1.29 is 14.3 Å². The maximum absolute atomic E-state index is 12.0. The van der Waals surface area contributed by atoms with Gasteiger partial charge in [0.15, 0.2) is 0 Å². The number of rotatable bonds is 6. The van der Waals surface area contributed by atoms with Gasteiger partial charge in [0.2, 0.25) is 5.91 Å². The number of nitrogens with one attached hydrogen (secondary N) is 2. The van der Waals surface area contributed by atoms with Gasteiger partial charge in [-0.1, -0.05) is 12.1 Å². The van der Waals surface area contributed by atoms with E-state index in [0.717, 1.165) is 11.3 Å². The monoisotopic (exact) mass is 325 g/mol. The molecule has 0 radical (unpaired) electrons. The standard InChI is InChI=1S/C18H19N3O3/c1-3-24-17-10-6-15(7-11-17)18(23)21-19-12-14-4-8-16(9-5-14)20-13(2)22/h4-12H,3H2,1-2H3,(H,20,22)(H,21,23)/b19-12+. The zero-order chi connectivity index (χ0) is 17.4. The first-order valence-electron chi connectivity index (χ1n) is 7.52. The Hall–Kier alpha value is -3.15. The number of hydrazone groups is 1. The Kier molecular flexibility index (Phi) is 6.08. The van der Waals surface area contributed by atoms with Crippen LogP contribution in [0.15, 0.2) is 53.6 Å². The van der Waals surface area contributed by atoms with Gasteiger partial charge >= 0.3 is 0 Å². The van der Waals surface area contributed by atoms with E-state index in [9.17, 15) is 9.59 Å². The molecule has 2 aromatic rings. The highest BCUT2D eigenvalue weighted by Gasteiger charge is 2.04. The highest BCUT2D eigenvalue weighted by Crippen LogP contribution is 2.12. The number of ether oxygens (including phenoxy) is 1. The molecule has 124 valence electrons. The molecular formula is C18H19N3O3. The first-order valence-corrected chi connectivity index (χ1v) is 7.52. The van der Waals surface area contributed by atoms with Gasteiger partial charge in [0.1, 0.15) is 5.75 Å². The summed E-state index contributed by atoms with van der Waals surface area (Å²) in [5.74, 6) is 0.292. The average molecular weight is 325 g/mol. The summed E-state index contributed by atoms with van der Waals surface area (Å²) >= 11 is 0. The highest BCUT2D eigenvalue weighted by molar-refractivity contribution is 5.95. The summed E-state index contributed by atoms with van der Waals surface area (Å²) in [6.07, 6.45) is 1.53. The van der Waals surface area contributed by atoms with Crippen LogP contribution in [0.5, 0.6) is 5.75 Å². The Morgan fingerprint density at radius 1 is 1.08 bits per heavy atom. The van der Waals surface area contributed by atoms with E-state index in [1.807, 2.05) is 6.92 Å². The molecule has 0 unspecified atom stereocenters. The van der Waals surface area contributed by atoms with Crippen molar-refractivity contribution in [2.24, 2.45) is 5.10 Å². The molecule has 0 bridgehead atoms. The van der Waals surface area contributed by atoms with E-state index in [1.165, 1.54) is 13.1 Å². The molecule has 0 aliphatic carbocycles. The Labute approximate surface area is 140 Å². The Balaban J connectivity index is 1.90. The fourth-order valence-electron chi connectivity index (χ4n) is 1.95. The van der Waals surface area contributed by atoms with Crippen molar-refractivity contribution in [2.75, 3.05) is 11.9 Å². The van der Waals surface area contributed by atoms with Crippen LogP contribution < -0.4 is 15.5 Å². The quantitative estimate of drug-likeness (QED) is 0.633. The van der Waals surface area contributed by atoms with Crippen LogP contribution in [0.4, 0.5) is 5.69 Å². The molecule has 0 atom stereocenters. The number of carbonyl (C=O) groups excluding carboxylic acids is 2. The van der Waals surface area contributed by atoms with Crippen molar-refractivity contribution in [3.63, 3.8) is 0 Å². The summed E-state index contributed by atoms with van der Waals surface area (Å²) < 4.78 is 5.33. The minimum atomic E-state index is -0.302. The largest absolute Gasteiger partial charge is 0.494 e. The normalized spacial score (nSPS) is 10.4. The second-order valence-corrected chi connectivity index (χ2v) is 4.96. The van der Waals surface area contributed by atoms with Crippen LogP contribution in [0, 0.1) is 0 Å². The van der Waals surface area contributed by atoms with Crippen LogP contribution >= 0.6 is 0 Å². The zero-order valence-corrected chi connectivity index (χ0v) is 13.6. The van der Waals surface area contributed by atoms with Crippen LogP contribution in [0.1, 0.15) is 29.8 Å². The number of hydrogen-bond donors (Lipinski definition) is 2. The second-order valence-electron chi connectivity index (χ2n) is 4.96. The smallest absolute Gasteiger partial charge is 0.271 e. The number of amides is 2. The lowest BCUT2D eigenvalue weighted by molar-refractivity contribution is -0.114. The van der Waals surface area contributed by atoms with Crippen molar-refractivity contribution in [2.45, 2.75) is 13.8 Å². The zero-order valence-electron chi connectivity index (χ0n) is 13.6. The first kappa shape index (κ1) is 17.2. The summed E-state index contributed by atoms with van der Waals surface area (Å²) in [7, 11) is 0. The molecule has 0 aliphatic rings. The predicted molar refractivity (Wildman–Crippen MR) is 93.4 cm³/mol. The van der Waals surface area contributed by atoms with E-state index in [2.05, 4.69) is 15.8 Å². The van der Waals surface area contributed by atoms with Gasteiger partial charge in [0.25, 0.3) is 5.91 Å². The second kappa shape index (κ2) is 8.47. The van der Waals surface area contributed by atoms with Crippen molar-refractivity contribution in [3.8, 4) is 5.75 Å². The fraction of sp³-hybridized carbons (Fsp3) is 0.167. The van der Waals surface area contributed by atoms with Gasteiger partial charge in [0.05, 0.1) is 12.8 Å². The van der Waals surface area contributed by atoms with Gasteiger partial charge < -0.3 is 10.1 Å². The van der Waals surface area contributed by atoms with Crippen molar-refractivity contribution in [1.29, 1.82) is 0 Å². The minimum Gasteiger partial charge on any atom is -0.494 e. The molecule has 2 rings (SSSR count). The summed E-state index contributed by atoms with van der Waals surface area (Å²) in [4.78, 5) is 22.9. The molecule has 0 fully saturated rings. The molecule has 2 amide bonds. The highest BCUT2D eigenvalue weighted by atomic mass is 16.5. The van der Waals surface area contributed by atoms with Gasteiger partial charge in [-0.15, -0.1) is 0 Å². The van der Waals surface area contributed by atoms with Gasteiger partial charge in [-0.05, 0) is 48.9 Å². The average Bonchev–Trinajstić information content (AvgIpc) is 2.57. The number of benzene rings is 2. The van der Waals surface area contributed by atoms with E-state index < -0.39 is 0 Å². The lowest BCUT2D eigenvalue weighted by atomic mass is 10.2. The molecule has 0 heterocycles. The van der Waals surface area contributed by atoms with Gasteiger partial charge in [-0.3, -0.25) is 9.59 Å². The van der Waals surface area contributed by atoms with Gasteiger partial charge in [-0.2, -0.15) is 5.10 Å². The maximum Gasteiger partial charge on any atom is 0.271 e. The molecule has 2 N–H and O–H groups in total. The third-order valence-electron chi connectivity index (χ3n) is 3.04. The molecule has 0 spiro atoms. The molecular weight excluding hydrogens is 306 g/mol. The van der Waals surface area contributed by atoms with Gasteiger partial charge in [0, 0.05) is 18.2 Å². The third-order valence-corrected chi connectivity index (χ3v) is 3.04. The molecule has 0 saturated carbocycles. The Morgan fingerprint density at radius 2 is 1.75 bits per heavy atom. The molecule has 6 heteroatoms. The van der Waals surface area contributed by atoms with E-state index in [1.54, 1.807) is 48.5 Å². The van der Waals surface area contributed by atoms with E-state index in [0.29, 0.717) is 17.9 Å². The van der Waals surface area contributed by atoms with Crippen LogP contribution in [-0.2, 0) is 4.79 Å². The van der Waals surface area contributed by atoms with E-state index in [-0.39, 0.29) is 11.8 Å². The maximum atomic E-state index is 12.0. The number of anilines is 1. The van der Waals surface area contributed by atoms with Crippen LogP contribution in [-0.4, -0.2) is 24.6 Å². The van der Waals surface area contributed by atoms with E-state index in [4.69, 9.17) is 4.74 Å². The fourth-order valence-corrected chi connectivity index (χ4v) is 1.95. The van der Waals surface area contributed by atoms with Crippen LogP contribution in [0.2, 0.25) is 0 Å². The summed E-state index contributed by atoms with van der Waals surface area (Å²) in [6, 6.07) is 13.9. The predicted octanol–water partition coefficient (Wildman–Crippen LogP) is 2.81. The molecule has 0 aromatic heterocycles. The number of carbonyl (C=O) groups is 2. The lowest BCUT2D eigenvalue weighted by Crippen LogP contribution is -2.17. The van der Waals surface area contributed by atoms with Crippen LogP contribution in [0.25, 0.3) is 0 Å². The SMILES string of the molecule is CCOc1ccc(C(=O)N/N=C/c2ccc(NC(C)=O)cc2)cc1. The molecule has 0 saturated heterocycles. The molecule has 2 aromatic carbocycles. The Bertz CT molecular complexity index is 722. The molecule has 24 heavy (non-hydrogen) atoms. The first-order chi connectivity index (χ1) is 11.6. The summed E-state index contributed by atoms with van der Waals surface area (Å²) in [6.45, 7) is 3.93. The molecule has 0 aliphatic heterocycles. The van der Waals surface area contributed by atoms with Crippen molar-refractivity contribution in [1.82, 2.24) is 5.43 Å². The number of nitrogens with zero attached hydrogens (tertiary/aromatic N) is 1. The summed E-state index contributed by atoms with van der Waals surface area (Å²) in [5, 5.41) is 6.60. The van der Waals surface area contributed by atoms with E-state index >= 15 is 0 Å². The van der Waals surface area contributed by atoms with Crippen molar-refractivity contribution >= 4 is 23.7 Å². The third kappa shape index (κ3) is 5.24. The van der Waals surface area contributed by atoms with Gasteiger partial charge in [-0.25, -0.2) is 5.43 Å². The topological polar surface area (TPSA) is 79.8 Å². The lowest BCUT2D eigenvalue weighted by Gasteiger charge is -2.04. The number of hydrogen-bond acceptors (Lipinski definition) is 4. The van der Waals surface area contributed by atoms with Crippen LogP contribution in [0.3, 0.4) is 0 Å². The minimum absolute atomic E-state index is 0.126.